The van der Waals surface area contributed by atoms with Gasteiger partial charge in [0.1, 0.15) is 6.29 Å². The van der Waals surface area contributed by atoms with E-state index in [1.54, 1.807) is 6.07 Å². The second-order valence-corrected chi connectivity index (χ2v) is 5.09. The third-order valence-electron chi connectivity index (χ3n) is 3.70. The topological polar surface area (TPSA) is 29.5 Å². The van der Waals surface area contributed by atoms with Gasteiger partial charge in [0, 0.05) is 11.3 Å². The van der Waals surface area contributed by atoms with Crippen molar-refractivity contribution in [2.75, 3.05) is 4.90 Å². The largest absolute Gasteiger partial charge is 0.453 e. The van der Waals surface area contributed by atoms with Gasteiger partial charge in [-0.3, -0.25) is 4.79 Å². The lowest BCUT2D eigenvalue weighted by molar-refractivity contribution is 0.112. The molecule has 0 aliphatic carbocycles. The summed E-state index contributed by atoms with van der Waals surface area (Å²) in [6.07, 6.45) is 0.863. The fourth-order valence-corrected chi connectivity index (χ4v) is 2.72. The molecule has 0 unspecified atom stereocenters. The molecule has 106 valence electrons. The Hall–Kier alpha value is -3.07. The summed E-state index contributed by atoms with van der Waals surface area (Å²) in [5.41, 5.74) is 3.51. The standard InChI is InChI=1S/C19H13NO2/c21-13-14-6-5-7-15(12-14)20-16-8-1-3-10-18(16)22-19-11-4-2-9-17(19)20/h1-13H. The normalized spacial score (nSPS) is 12.1. The van der Waals surface area contributed by atoms with Gasteiger partial charge in [0.2, 0.25) is 0 Å². The maximum atomic E-state index is 11.1. The van der Waals surface area contributed by atoms with Gasteiger partial charge in [0.05, 0.1) is 11.4 Å². The van der Waals surface area contributed by atoms with E-state index in [2.05, 4.69) is 4.90 Å². The molecule has 3 aromatic carbocycles. The lowest BCUT2D eigenvalue weighted by Gasteiger charge is -2.32. The molecule has 0 aromatic heterocycles. The molecule has 0 spiro atoms. The quantitative estimate of drug-likeness (QED) is 0.482. The number of benzene rings is 3. The van der Waals surface area contributed by atoms with Crippen molar-refractivity contribution >= 4 is 23.3 Å². The molecule has 0 saturated heterocycles. The van der Waals surface area contributed by atoms with Crippen molar-refractivity contribution in [1.29, 1.82) is 0 Å². The molecule has 0 radical (unpaired) electrons. The van der Waals surface area contributed by atoms with Gasteiger partial charge in [-0.05, 0) is 36.4 Å². The summed E-state index contributed by atoms with van der Waals surface area (Å²) in [5, 5.41) is 0. The summed E-state index contributed by atoms with van der Waals surface area (Å²) in [5.74, 6) is 1.61. The van der Waals surface area contributed by atoms with Gasteiger partial charge in [-0.1, -0.05) is 36.4 Å². The van der Waals surface area contributed by atoms with Gasteiger partial charge in [0.15, 0.2) is 11.5 Å². The molecule has 0 fully saturated rings. The minimum absolute atomic E-state index is 0.652. The molecule has 1 aliphatic heterocycles. The van der Waals surface area contributed by atoms with Crippen molar-refractivity contribution in [3.05, 3.63) is 78.4 Å². The monoisotopic (exact) mass is 287 g/mol. The zero-order valence-corrected chi connectivity index (χ0v) is 11.8. The smallest absolute Gasteiger partial charge is 0.151 e. The zero-order valence-electron chi connectivity index (χ0n) is 11.8. The highest BCUT2D eigenvalue weighted by molar-refractivity contribution is 5.88. The average Bonchev–Trinajstić information content (AvgIpc) is 2.59. The molecule has 1 aliphatic rings. The van der Waals surface area contributed by atoms with Crippen molar-refractivity contribution in [1.82, 2.24) is 0 Å². The van der Waals surface area contributed by atoms with E-state index in [1.165, 1.54) is 0 Å². The lowest BCUT2D eigenvalue weighted by atomic mass is 10.1. The van der Waals surface area contributed by atoms with Crippen molar-refractivity contribution in [3.8, 4) is 11.5 Å². The molecule has 3 nitrogen and oxygen atoms in total. The number of fused-ring (bicyclic) bond motifs is 2. The Balaban J connectivity index is 1.96. The molecule has 1 heterocycles. The Morgan fingerprint density at radius 1 is 0.773 bits per heavy atom. The highest BCUT2D eigenvalue weighted by Gasteiger charge is 2.24. The van der Waals surface area contributed by atoms with Gasteiger partial charge >= 0.3 is 0 Å². The highest BCUT2D eigenvalue weighted by Crippen LogP contribution is 2.49. The summed E-state index contributed by atoms with van der Waals surface area (Å²) in [6, 6.07) is 23.3. The van der Waals surface area contributed by atoms with Crippen LogP contribution >= 0.6 is 0 Å². The van der Waals surface area contributed by atoms with Crippen LogP contribution in [0.15, 0.2) is 72.8 Å². The van der Waals surface area contributed by atoms with Gasteiger partial charge < -0.3 is 9.64 Å². The fourth-order valence-electron chi connectivity index (χ4n) is 2.72. The molecule has 0 bridgehead atoms. The van der Waals surface area contributed by atoms with Crippen LogP contribution in [0.5, 0.6) is 11.5 Å². The first-order chi connectivity index (χ1) is 10.9. The molecule has 0 saturated carbocycles. The molecule has 3 heteroatoms. The number of ether oxygens (including phenoxy) is 1. The van der Waals surface area contributed by atoms with E-state index in [-0.39, 0.29) is 0 Å². The summed E-state index contributed by atoms with van der Waals surface area (Å²) >= 11 is 0. The molecule has 0 N–H and O–H groups in total. The predicted octanol–water partition coefficient (Wildman–Crippen LogP) is 5.07. The number of carbonyl (C=O) groups is 1. The van der Waals surface area contributed by atoms with Crippen molar-refractivity contribution in [2.24, 2.45) is 0 Å². The predicted molar refractivity (Wildman–Crippen MR) is 86.6 cm³/mol. The van der Waals surface area contributed by atoms with E-state index in [0.717, 1.165) is 34.8 Å². The van der Waals surface area contributed by atoms with Gasteiger partial charge in [-0.25, -0.2) is 0 Å². The summed E-state index contributed by atoms with van der Waals surface area (Å²) < 4.78 is 5.97. The summed E-state index contributed by atoms with van der Waals surface area (Å²) in [6.45, 7) is 0. The number of hydrogen-bond acceptors (Lipinski definition) is 3. The van der Waals surface area contributed by atoms with Crippen molar-refractivity contribution in [2.45, 2.75) is 0 Å². The Kier molecular flexibility index (Phi) is 2.90. The molecular formula is C19H13NO2. The van der Waals surface area contributed by atoms with Crippen molar-refractivity contribution < 1.29 is 9.53 Å². The number of rotatable bonds is 2. The lowest BCUT2D eigenvalue weighted by Crippen LogP contribution is -2.15. The maximum Gasteiger partial charge on any atom is 0.151 e. The van der Waals surface area contributed by atoms with Gasteiger partial charge in [-0.2, -0.15) is 0 Å². The number of hydrogen-bond donors (Lipinski definition) is 0. The van der Waals surface area contributed by atoms with Gasteiger partial charge in [0.25, 0.3) is 0 Å². The minimum Gasteiger partial charge on any atom is -0.453 e. The van der Waals surface area contributed by atoms with Crippen LogP contribution in [0.25, 0.3) is 0 Å². The van der Waals surface area contributed by atoms with Crippen LogP contribution in [0, 0.1) is 0 Å². The van der Waals surface area contributed by atoms with E-state index in [1.807, 2.05) is 66.7 Å². The van der Waals surface area contributed by atoms with Crippen molar-refractivity contribution in [3.63, 3.8) is 0 Å². The highest BCUT2D eigenvalue weighted by atomic mass is 16.5. The number of carbonyl (C=O) groups excluding carboxylic acids is 1. The third-order valence-corrected chi connectivity index (χ3v) is 3.70. The van der Waals surface area contributed by atoms with E-state index in [4.69, 9.17) is 4.74 Å². The zero-order chi connectivity index (χ0) is 14.9. The number of para-hydroxylation sites is 4. The fraction of sp³-hybridized carbons (Fsp3) is 0. The Bertz CT molecular complexity index is 812. The number of nitrogens with zero attached hydrogens (tertiary/aromatic N) is 1. The SMILES string of the molecule is O=Cc1cccc(N2c3ccccc3Oc3ccccc32)c1. The number of aldehydes is 1. The first kappa shape index (κ1) is 12.7. The van der Waals surface area contributed by atoms with Crippen LogP contribution in [-0.2, 0) is 0 Å². The van der Waals surface area contributed by atoms with E-state index in [9.17, 15) is 4.79 Å². The Morgan fingerprint density at radius 3 is 2.05 bits per heavy atom. The first-order valence-electron chi connectivity index (χ1n) is 7.08. The van der Waals surface area contributed by atoms with Crippen LogP contribution in [0.2, 0.25) is 0 Å². The van der Waals surface area contributed by atoms with E-state index < -0.39 is 0 Å². The van der Waals surface area contributed by atoms with Gasteiger partial charge in [-0.15, -0.1) is 0 Å². The number of anilines is 3. The molecule has 4 rings (SSSR count). The molecule has 0 amide bonds. The Labute approximate surface area is 128 Å². The first-order valence-corrected chi connectivity index (χ1v) is 7.08. The summed E-state index contributed by atoms with van der Waals surface area (Å²) in [7, 11) is 0. The molecule has 22 heavy (non-hydrogen) atoms. The second-order valence-electron chi connectivity index (χ2n) is 5.09. The maximum absolute atomic E-state index is 11.1. The Morgan fingerprint density at radius 2 is 1.41 bits per heavy atom. The van der Waals surface area contributed by atoms with E-state index >= 15 is 0 Å². The minimum atomic E-state index is 0.652. The summed E-state index contributed by atoms with van der Waals surface area (Å²) in [4.78, 5) is 13.2. The molecular weight excluding hydrogens is 274 g/mol. The van der Waals surface area contributed by atoms with Crippen LogP contribution < -0.4 is 9.64 Å². The third kappa shape index (κ3) is 1.95. The average molecular weight is 287 g/mol. The second kappa shape index (κ2) is 5.04. The van der Waals surface area contributed by atoms with Crippen LogP contribution in [0.3, 0.4) is 0 Å². The van der Waals surface area contributed by atoms with Crippen LogP contribution in [0.1, 0.15) is 10.4 Å². The van der Waals surface area contributed by atoms with Crippen LogP contribution in [0.4, 0.5) is 17.1 Å². The van der Waals surface area contributed by atoms with Crippen LogP contribution in [-0.4, -0.2) is 6.29 Å². The molecule has 3 aromatic rings. The molecule has 0 atom stereocenters. The van der Waals surface area contributed by atoms with E-state index in [0.29, 0.717) is 5.56 Å².